The summed E-state index contributed by atoms with van der Waals surface area (Å²) in [4.78, 5) is 1.29. The van der Waals surface area contributed by atoms with Crippen LogP contribution in [0.3, 0.4) is 0 Å². The zero-order valence-corrected chi connectivity index (χ0v) is 10.5. The van der Waals surface area contributed by atoms with E-state index in [4.69, 9.17) is 0 Å². The average Bonchev–Trinajstić information content (AvgIpc) is 2.61. The molecule has 1 heterocycles. The first-order valence-electron chi connectivity index (χ1n) is 5.40. The van der Waals surface area contributed by atoms with Crippen LogP contribution in [-0.2, 0) is 6.42 Å². The van der Waals surface area contributed by atoms with Gasteiger partial charge in [-0.2, -0.15) is 0 Å². The summed E-state index contributed by atoms with van der Waals surface area (Å²) in [6.07, 6.45) is 0.991. The van der Waals surface area contributed by atoms with Crippen LogP contribution in [0.25, 0.3) is 10.1 Å². The third kappa shape index (κ3) is 2.20. The highest BCUT2D eigenvalue weighted by Crippen LogP contribution is 2.32. The van der Waals surface area contributed by atoms with Crippen molar-refractivity contribution in [2.24, 2.45) is 0 Å². The Balaban J connectivity index is 0.000000531. The van der Waals surface area contributed by atoms with Crippen molar-refractivity contribution in [3.63, 3.8) is 0 Å². The van der Waals surface area contributed by atoms with Gasteiger partial charge in [0.25, 0.3) is 0 Å². The molecule has 2 rings (SSSR count). The van der Waals surface area contributed by atoms with Crippen LogP contribution in [-0.4, -0.2) is 0 Å². The third-order valence-corrected chi connectivity index (χ3v) is 3.80. The summed E-state index contributed by atoms with van der Waals surface area (Å²) in [5, 5.41) is 1.07. The van der Waals surface area contributed by atoms with E-state index in [0.29, 0.717) is 0 Å². The van der Waals surface area contributed by atoms with Gasteiger partial charge in [-0.25, -0.2) is 4.39 Å². The molecule has 0 atom stereocenters. The lowest BCUT2D eigenvalue weighted by atomic mass is 10.1. The van der Waals surface area contributed by atoms with Crippen molar-refractivity contribution in [2.75, 3.05) is 0 Å². The average molecular weight is 224 g/mol. The highest BCUT2D eigenvalue weighted by molar-refractivity contribution is 7.19. The van der Waals surface area contributed by atoms with Crippen LogP contribution >= 0.6 is 11.3 Å². The maximum Gasteiger partial charge on any atom is 0.141 e. The van der Waals surface area contributed by atoms with Crippen LogP contribution in [0.2, 0.25) is 0 Å². The normalized spacial score (nSPS) is 9.93. The number of hydrogen-bond acceptors (Lipinski definition) is 1. The van der Waals surface area contributed by atoms with Crippen molar-refractivity contribution < 1.29 is 4.39 Å². The van der Waals surface area contributed by atoms with Gasteiger partial charge in [-0.3, -0.25) is 0 Å². The Morgan fingerprint density at radius 3 is 2.47 bits per heavy atom. The first kappa shape index (κ1) is 12.2. The van der Waals surface area contributed by atoms with Crippen molar-refractivity contribution in [2.45, 2.75) is 34.1 Å². The minimum atomic E-state index is -0.0923. The summed E-state index contributed by atoms with van der Waals surface area (Å²) >= 11 is 1.58. The van der Waals surface area contributed by atoms with E-state index in [1.807, 2.05) is 19.9 Å². The molecular formula is C13H17FS. The monoisotopic (exact) mass is 224 g/mol. The number of aryl methyl sites for hydroxylation is 2. The predicted molar refractivity (Wildman–Crippen MR) is 67.2 cm³/mol. The van der Waals surface area contributed by atoms with Crippen LogP contribution in [0.15, 0.2) is 18.2 Å². The van der Waals surface area contributed by atoms with E-state index < -0.39 is 0 Å². The maximum absolute atomic E-state index is 13.3. The van der Waals surface area contributed by atoms with Gasteiger partial charge >= 0.3 is 0 Å². The molecule has 0 radical (unpaired) electrons. The van der Waals surface area contributed by atoms with Gasteiger partial charge in [0.2, 0.25) is 0 Å². The molecule has 0 saturated carbocycles. The van der Waals surface area contributed by atoms with Gasteiger partial charge in [-0.1, -0.05) is 32.9 Å². The first-order valence-corrected chi connectivity index (χ1v) is 6.22. The number of halogens is 1. The van der Waals surface area contributed by atoms with Crippen LogP contribution in [0.4, 0.5) is 4.39 Å². The van der Waals surface area contributed by atoms with Gasteiger partial charge in [-0.15, -0.1) is 11.3 Å². The van der Waals surface area contributed by atoms with Crippen molar-refractivity contribution in [3.05, 3.63) is 34.5 Å². The van der Waals surface area contributed by atoms with Gasteiger partial charge in [0.05, 0.1) is 4.70 Å². The summed E-state index contributed by atoms with van der Waals surface area (Å²) in [5.41, 5.74) is 1.24. The molecule has 0 aliphatic carbocycles. The Labute approximate surface area is 94.7 Å². The summed E-state index contributed by atoms with van der Waals surface area (Å²) in [6, 6.07) is 5.29. The SMILES string of the molecule is CC.CCc1sc2c(F)cccc2c1C. The minimum absolute atomic E-state index is 0.0923. The van der Waals surface area contributed by atoms with Crippen molar-refractivity contribution >= 4 is 21.4 Å². The fourth-order valence-electron chi connectivity index (χ4n) is 1.60. The number of hydrogen-bond donors (Lipinski definition) is 0. The molecule has 2 aromatic rings. The molecule has 1 aromatic carbocycles. The molecular weight excluding hydrogens is 207 g/mol. The lowest BCUT2D eigenvalue weighted by Gasteiger charge is -1.92. The van der Waals surface area contributed by atoms with Gasteiger partial charge in [0.15, 0.2) is 0 Å². The van der Waals surface area contributed by atoms with Crippen LogP contribution in [0.5, 0.6) is 0 Å². The van der Waals surface area contributed by atoms with Crippen molar-refractivity contribution in [3.8, 4) is 0 Å². The van der Waals surface area contributed by atoms with E-state index in [2.05, 4.69) is 13.8 Å². The van der Waals surface area contributed by atoms with E-state index >= 15 is 0 Å². The largest absolute Gasteiger partial charge is 0.205 e. The second kappa shape index (κ2) is 5.26. The molecule has 0 aliphatic heterocycles. The predicted octanol–water partition coefficient (Wildman–Crippen LogP) is 4.94. The molecule has 1 aromatic heterocycles. The molecule has 0 fully saturated rings. The zero-order valence-electron chi connectivity index (χ0n) is 9.73. The van der Waals surface area contributed by atoms with Crippen LogP contribution in [0, 0.1) is 12.7 Å². The number of fused-ring (bicyclic) bond motifs is 1. The molecule has 2 heteroatoms. The Kier molecular flexibility index (Phi) is 4.28. The summed E-state index contributed by atoms with van der Waals surface area (Å²) < 4.78 is 14.1. The maximum atomic E-state index is 13.3. The Bertz CT molecular complexity index is 443. The fraction of sp³-hybridized carbons (Fsp3) is 0.385. The van der Waals surface area contributed by atoms with Crippen molar-refractivity contribution in [1.29, 1.82) is 0 Å². The topological polar surface area (TPSA) is 0 Å². The first-order chi connectivity index (χ1) is 7.24. The Morgan fingerprint density at radius 2 is 1.93 bits per heavy atom. The number of benzene rings is 1. The lowest BCUT2D eigenvalue weighted by Crippen LogP contribution is -1.76. The third-order valence-electron chi connectivity index (χ3n) is 2.34. The lowest BCUT2D eigenvalue weighted by molar-refractivity contribution is 0.641. The van der Waals surface area contributed by atoms with Gasteiger partial charge in [0.1, 0.15) is 5.82 Å². The molecule has 0 N–H and O–H groups in total. The smallest absolute Gasteiger partial charge is 0.141 e. The molecule has 0 aliphatic rings. The molecule has 0 amide bonds. The van der Waals surface area contributed by atoms with E-state index in [-0.39, 0.29) is 5.82 Å². The fourth-order valence-corrected chi connectivity index (χ4v) is 2.75. The quantitative estimate of drug-likeness (QED) is 0.643. The summed E-state index contributed by atoms with van der Waals surface area (Å²) in [5.74, 6) is -0.0923. The van der Waals surface area contributed by atoms with E-state index in [0.717, 1.165) is 16.5 Å². The zero-order chi connectivity index (χ0) is 11.4. The number of thiophene rings is 1. The van der Waals surface area contributed by atoms with Gasteiger partial charge in [0, 0.05) is 4.88 Å². The highest BCUT2D eigenvalue weighted by atomic mass is 32.1. The van der Waals surface area contributed by atoms with Gasteiger partial charge in [-0.05, 0) is 30.4 Å². The molecule has 0 bridgehead atoms. The minimum Gasteiger partial charge on any atom is -0.205 e. The summed E-state index contributed by atoms with van der Waals surface area (Å²) in [7, 11) is 0. The van der Waals surface area contributed by atoms with Crippen LogP contribution < -0.4 is 0 Å². The van der Waals surface area contributed by atoms with E-state index in [9.17, 15) is 4.39 Å². The molecule has 0 unspecified atom stereocenters. The second-order valence-corrected chi connectivity index (χ2v) is 4.23. The van der Waals surface area contributed by atoms with Crippen LogP contribution in [0.1, 0.15) is 31.2 Å². The molecule has 15 heavy (non-hydrogen) atoms. The Hall–Kier alpha value is -0.890. The van der Waals surface area contributed by atoms with Gasteiger partial charge < -0.3 is 0 Å². The molecule has 0 nitrogen and oxygen atoms in total. The summed E-state index contributed by atoms with van der Waals surface area (Å²) in [6.45, 7) is 8.17. The standard InChI is InChI=1S/C11H11FS.C2H6/c1-3-10-7(2)8-5-4-6-9(12)11(8)13-10;1-2/h4-6H,3H2,1-2H3;1-2H3. The highest BCUT2D eigenvalue weighted by Gasteiger charge is 2.09. The van der Waals surface area contributed by atoms with Crippen molar-refractivity contribution in [1.82, 2.24) is 0 Å². The van der Waals surface area contributed by atoms with E-state index in [1.165, 1.54) is 16.5 Å². The molecule has 0 spiro atoms. The van der Waals surface area contributed by atoms with E-state index in [1.54, 1.807) is 17.4 Å². The molecule has 82 valence electrons. The molecule has 0 saturated heterocycles. The number of rotatable bonds is 1. The Morgan fingerprint density at radius 1 is 1.27 bits per heavy atom. The second-order valence-electron chi connectivity index (χ2n) is 3.12.